The van der Waals surface area contributed by atoms with E-state index >= 15 is 0 Å². The molecule has 0 bridgehead atoms. The number of fused-ring (bicyclic) bond motifs is 3. The molecule has 31 heavy (non-hydrogen) atoms. The van der Waals surface area contributed by atoms with Crippen molar-refractivity contribution in [2.24, 2.45) is 5.92 Å². The van der Waals surface area contributed by atoms with Crippen LogP contribution in [0.1, 0.15) is 15.4 Å². The van der Waals surface area contributed by atoms with Crippen LogP contribution in [0.15, 0.2) is 30.7 Å². The van der Waals surface area contributed by atoms with E-state index in [1.165, 1.54) is 17.4 Å². The van der Waals surface area contributed by atoms with Crippen molar-refractivity contribution in [3.05, 3.63) is 47.1 Å². The molecule has 0 aliphatic carbocycles. The Bertz CT molecular complexity index is 1350. The summed E-state index contributed by atoms with van der Waals surface area (Å²) >= 11 is 1.29. The SMILES string of the molecule is Cc1cn2cc(NC(=O)c3cc4ncc(N5C[C@@H]6CN(C)C[C@@H]65)nc4s3)cc(F)c2n1. The van der Waals surface area contributed by atoms with E-state index in [0.717, 1.165) is 30.3 Å². The van der Waals surface area contributed by atoms with Crippen LogP contribution in [-0.2, 0) is 0 Å². The molecule has 10 heteroatoms. The Balaban J connectivity index is 1.24. The third-order valence-corrected chi connectivity index (χ3v) is 7.07. The van der Waals surface area contributed by atoms with Gasteiger partial charge in [-0.05, 0) is 20.0 Å². The summed E-state index contributed by atoms with van der Waals surface area (Å²) in [6, 6.07) is 3.50. The zero-order valence-electron chi connectivity index (χ0n) is 17.0. The number of rotatable bonds is 3. The quantitative estimate of drug-likeness (QED) is 0.531. The Kier molecular flexibility index (Phi) is 4.03. The molecule has 2 aliphatic rings. The number of aryl methyl sites for hydroxylation is 1. The van der Waals surface area contributed by atoms with Crippen LogP contribution < -0.4 is 10.2 Å². The summed E-state index contributed by atoms with van der Waals surface area (Å²) < 4.78 is 15.9. The van der Waals surface area contributed by atoms with Crippen molar-refractivity contribution < 1.29 is 9.18 Å². The second kappa shape index (κ2) is 6.69. The number of nitrogens with one attached hydrogen (secondary N) is 1. The predicted molar refractivity (Wildman–Crippen MR) is 117 cm³/mol. The van der Waals surface area contributed by atoms with Crippen molar-refractivity contribution in [2.75, 3.05) is 36.9 Å². The number of anilines is 2. The number of carbonyl (C=O) groups excluding carboxylic acids is 1. The van der Waals surface area contributed by atoms with Gasteiger partial charge in [-0.15, -0.1) is 11.3 Å². The van der Waals surface area contributed by atoms with E-state index in [1.54, 1.807) is 36.0 Å². The van der Waals surface area contributed by atoms with E-state index in [1.807, 2.05) is 0 Å². The van der Waals surface area contributed by atoms with Crippen LogP contribution in [0.25, 0.3) is 16.0 Å². The van der Waals surface area contributed by atoms with Crippen molar-refractivity contribution >= 4 is 44.7 Å². The zero-order valence-corrected chi connectivity index (χ0v) is 17.9. The van der Waals surface area contributed by atoms with E-state index in [0.29, 0.717) is 33.7 Å². The van der Waals surface area contributed by atoms with E-state index in [9.17, 15) is 9.18 Å². The number of pyridine rings is 1. The summed E-state index contributed by atoms with van der Waals surface area (Å²) in [5.41, 5.74) is 1.99. The molecule has 8 nitrogen and oxygen atoms in total. The molecule has 0 unspecified atom stereocenters. The molecule has 1 N–H and O–H groups in total. The largest absolute Gasteiger partial charge is 0.350 e. The van der Waals surface area contributed by atoms with Gasteiger partial charge in [0.2, 0.25) is 0 Å². The van der Waals surface area contributed by atoms with Gasteiger partial charge in [-0.2, -0.15) is 0 Å². The van der Waals surface area contributed by atoms with Crippen molar-refractivity contribution in [1.82, 2.24) is 24.3 Å². The number of aromatic nitrogens is 4. The van der Waals surface area contributed by atoms with Crippen LogP contribution in [0.2, 0.25) is 0 Å². The predicted octanol–water partition coefficient (Wildman–Crippen LogP) is 2.79. The Labute approximate surface area is 181 Å². The molecule has 4 aromatic heterocycles. The number of likely N-dealkylation sites (tertiary alicyclic amines) is 1. The number of imidazole rings is 1. The first-order valence-corrected chi connectivity index (χ1v) is 10.9. The van der Waals surface area contributed by atoms with E-state index < -0.39 is 5.82 Å². The Morgan fingerprint density at radius 1 is 1.23 bits per heavy atom. The average molecular weight is 438 g/mol. The van der Waals surface area contributed by atoms with E-state index in [4.69, 9.17) is 4.98 Å². The molecule has 6 rings (SSSR count). The lowest BCUT2D eigenvalue weighted by Crippen LogP contribution is -2.56. The van der Waals surface area contributed by atoms with Crippen LogP contribution in [0.5, 0.6) is 0 Å². The first-order valence-electron chi connectivity index (χ1n) is 10.1. The second-order valence-corrected chi connectivity index (χ2v) is 9.40. The minimum Gasteiger partial charge on any atom is -0.350 e. The number of carbonyl (C=O) groups is 1. The lowest BCUT2D eigenvalue weighted by molar-refractivity contribution is 0.103. The standard InChI is InChI=1S/C21H20FN7OS/c1-11-6-28-9-13(3-14(22)19(28)24-11)25-20(30)17-4-15-21(31-17)26-18(5-23-15)29-8-12-7-27(2)10-16(12)29/h3-6,9,12,16H,7-8,10H2,1-2H3,(H,25,30)/t12-,16-/m0/s1. The van der Waals surface area contributed by atoms with Gasteiger partial charge in [-0.25, -0.2) is 19.3 Å². The fourth-order valence-electron chi connectivity index (χ4n) is 4.61. The third-order valence-electron chi connectivity index (χ3n) is 6.05. The topological polar surface area (TPSA) is 78.7 Å². The maximum atomic E-state index is 14.3. The fourth-order valence-corrected chi connectivity index (χ4v) is 5.48. The summed E-state index contributed by atoms with van der Waals surface area (Å²) in [6.07, 6.45) is 5.15. The smallest absolute Gasteiger partial charge is 0.265 e. The molecule has 0 saturated carbocycles. The van der Waals surface area contributed by atoms with Gasteiger partial charge in [-0.1, -0.05) is 0 Å². The van der Waals surface area contributed by atoms with Crippen molar-refractivity contribution in [3.63, 3.8) is 0 Å². The molecule has 6 heterocycles. The van der Waals surface area contributed by atoms with Crippen molar-refractivity contribution in [1.29, 1.82) is 0 Å². The van der Waals surface area contributed by atoms with E-state index in [-0.39, 0.29) is 11.6 Å². The normalized spacial score (nSPS) is 20.9. The number of amides is 1. The number of hydrogen-bond acceptors (Lipinski definition) is 7. The number of nitrogens with zero attached hydrogens (tertiary/aromatic N) is 6. The molecule has 4 aromatic rings. The number of thiophene rings is 1. The molecule has 0 radical (unpaired) electrons. The Morgan fingerprint density at radius 2 is 2.10 bits per heavy atom. The van der Waals surface area contributed by atoms with Gasteiger partial charge in [0.05, 0.1) is 22.5 Å². The van der Waals surface area contributed by atoms with Gasteiger partial charge >= 0.3 is 0 Å². The number of likely N-dealkylation sites (N-methyl/N-ethyl adjacent to an activating group) is 1. The van der Waals surface area contributed by atoms with Crippen LogP contribution in [0.3, 0.4) is 0 Å². The highest BCUT2D eigenvalue weighted by atomic mass is 32.1. The molecule has 0 aromatic carbocycles. The summed E-state index contributed by atoms with van der Waals surface area (Å²) in [6.45, 7) is 4.96. The van der Waals surface area contributed by atoms with Crippen LogP contribution in [-0.4, -0.2) is 62.9 Å². The van der Waals surface area contributed by atoms with Gasteiger partial charge in [0, 0.05) is 50.1 Å². The lowest BCUT2D eigenvalue weighted by Gasteiger charge is -2.44. The molecule has 2 aliphatic heterocycles. The van der Waals surface area contributed by atoms with Crippen LogP contribution in [0, 0.1) is 18.7 Å². The monoisotopic (exact) mass is 437 g/mol. The Morgan fingerprint density at radius 3 is 2.94 bits per heavy atom. The highest BCUT2D eigenvalue weighted by molar-refractivity contribution is 7.20. The van der Waals surface area contributed by atoms with Crippen LogP contribution >= 0.6 is 11.3 Å². The van der Waals surface area contributed by atoms with Gasteiger partial charge in [0.15, 0.2) is 11.5 Å². The summed E-state index contributed by atoms with van der Waals surface area (Å²) in [5.74, 6) is 0.758. The molecular weight excluding hydrogens is 417 g/mol. The molecule has 158 valence electrons. The van der Waals surface area contributed by atoms with Gasteiger partial charge in [-0.3, -0.25) is 4.79 Å². The van der Waals surface area contributed by atoms with Crippen LogP contribution in [0.4, 0.5) is 15.9 Å². The Hall–Kier alpha value is -3.11. The molecule has 0 spiro atoms. The maximum absolute atomic E-state index is 14.3. The van der Waals surface area contributed by atoms with Gasteiger partial charge in [0.25, 0.3) is 5.91 Å². The fraction of sp³-hybridized carbons (Fsp3) is 0.333. The molecular formula is C21H20FN7OS. The highest BCUT2D eigenvalue weighted by Crippen LogP contribution is 2.36. The highest BCUT2D eigenvalue weighted by Gasteiger charge is 2.45. The minimum absolute atomic E-state index is 0.236. The first kappa shape index (κ1) is 18.6. The minimum atomic E-state index is -0.486. The maximum Gasteiger partial charge on any atom is 0.265 e. The lowest BCUT2D eigenvalue weighted by atomic mass is 9.92. The average Bonchev–Trinajstić information content (AvgIpc) is 3.38. The zero-order chi connectivity index (χ0) is 21.3. The summed E-state index contributed by atoms with van der Waals surface area (Å²) in [4.78, 5) is 32.1. The molecule has 2 atom stereocenters. The third kappa shape index (κ3) is 3.05. The second-order valence-electron chi connectivity index (χ2n) is 8.37. The van der Waals surface area contributed by atoms with Crippen molar-refractivity contribution in [3.8, 4) is 0 Å². The molecule has 2 fully saturated rings. The van der Waals surface area contributed by atoms with Crippen molar-refractivity contribution in [2.45, 2.75) is 13.0 Å². The van der Waals surface area contributed by atoms with Gasteiger partial charge in [0.1, 0.15) is 16.2 Å². The first-order chi connectivity index (χ1) is 14.9. The van der Waals surface area contributed by atoms with E-state index in [2.05, 4.69) is 32.1 Å². The summed E-state index contributed by atoms with van der Waals surface area (Å²) in [5, 5.41) is 2.77. The van der Waals surface area contributed by atoms with Gasteiger partial charge < -0.3 is 19.5 Å². The molecule has 2 saturated heterocycles. The summed E-state index contributed by atoms with van der Waals surface area (Å²) in [7, 11) is 2.15. The number of hydrogen-bond donors (Lipinski definition) is 1. The molecule has 1 amide bonds. The number of halogens is 1.